The van der Waals surface area contributed by atoms with Gasteiger partial charge in [-0.05, 0) is 49.6 Å². The van der Waals surface area contributed by atoms with Gasteiger partial charge in [-0.1, -0.05) is 5.92 Å². The summed E-state index contributed by atoms with van der Waals surface area (Å²) in [7, 11) is 0. The Morgan fingerprint density at radius 3 is 2.45 bits per heavy atom. The summed E-state index contributed by atoms with van der Waals surface area (Å²) in [6.45, 7) is 6.19. The topological polar surface area (TPSA) is 0 Å². The van der Waals surface area contributed by atoms with E-state index < -0.39 is 0 Å². The first-order valence-corrected chi connectivity index (χ1v) is 3.62. The lowest BCUT2D eigenvalue weighted by Crippen LogP contribution is -1.90. The molecule has 0 heteroatoms. The molecule has 55 valence electrons. The van der Waals surface area contributed by atoms with Gasteiger partial charge in [0.25, 0.3) is 0 Å². The highest BCUT2D eigenvalue weighted by atomic mass is 14.0. The van der Waals surface area contributed by atoms with E-state index in [-0.39, 0.29) is 0 Å². The Labute approximate surface area is 68.3 Å². The number of terminal acetylenes is 1. The van der Waals surface area contributed by atoms with Crippen LogP contribution in [0.4, 0.5) is 0 Å². The predicted octanol–water partition coefficient (Wildman–Crippen LogP) is 2.39. The van der Waals surface area contributed by atoms with Crippen LogP contribution >= 0.6 is 0 Å². The number of benzene rings is 1. The second kappa shape index (κ2) is 2.80. The number of hydrogen-bond donors (Lipinski definition) is 0. The lowest BCUT2D eigenvalue weighted by molar-refractivity contribution is 1.25. The van der Waals surface area contributed by atoms with E-state index in [1.54, 1.807) is 0 Å². The largest absolute Gasteiger partial charge is 0.115 e. The van der Waals surface area contributed by atoms with Crippen LogP contribution in [0.1, 0.15) is 22.3 Å². The van der Waals surface area contributed by atoms with Crippen molar-refractivity contribution in [3.8, 4) is 12.3 Å². The van der Waals surface area contributed by atoms with Crippen molar-refractivity contribution in [1.29, 1.82) is 0 Å². The summed E-state index contributed by atoms with van der Waals surface area (Å²) < 4.78 is 0. The third-order valence-corrected chi connectivity index (χ3v) is 2.11. The number of hydrogen-bond acceptors (Lipinski definition) is 0. The van der Waals surface area contributed by atoms with Crippen LogP contribution in [-0.4, -0.2) is 0 Å². The van der Waals surface area contributed by atoms with Crippen LogP contribution in [0.25, 0.3) is 0 Å². The summed E-state index contributed by atoms with van der Waals surface area (Å²) in [5.74, 6) is 2.61. The van der Waals surface area contributed by atoms with Crippen LogP contribution < -0.4 is 0 Å². The Kier molecular flexibility index (Phi) is 2.01. The molecule has 0 heterocycles. The lowest BCUT2D eigenvalue weighted by atomic mass is 9.99. The molecule has 0 aliphatic carbocycles. The molecule has 0 saturated carbocycles. The van der Waals surface area contributed by atoms with E-state index in [9.17, 15) is 0 Å². The van der Waals surface area contributed by atoms with Gasteiger partial charge in [-0.25, -0.2) is 0 Å². The van der Waals surface area contributed by atoms with Crippen molar-refractivity contribution >= 4 is 0 Å². The zero-order chi connectivity index (χ0) is 8.43. The Hall–Kier alpha value is -1.22. The first-order valence-electron chi connectivity index (χ1n) is 3.62. The molecule has 0 nitrogen and oxygen atoms in total. The standard InChI is InChI=1S/C11H11/c1-5-11-7-6-8(2)9(3)10(11)4/h1,6H,2-4H3. The summed E-state index contributed by atoms with van der Waals surface area (Å²) in [6.07, 6.45) is 5.29. The minimum absolute atomic E-state index is 0.883. The van der Waals surface area contributed by atoms with Crippen molar-refractivity contribution < 1.29 is 0 Å². The highest BCUT2D eigenvalue weighted by Crippen LogP contribution is 2.14. The molecule has 0 unspecified atom stereocenters. The molecule has 0 amide bonds. The van der Waals surface area contributed by atoms with Gasteiger partial charge in [0.05, 0.1) is 0 Å². The van der Waals surface area contributed by atoms with Crippen LogP contribution in [-0.2, 0) is 0 Å². The van der Waals surface area contributed by atoms with E-state index in [2.05, 4.69) is 25.8 Å². The molecule has 1 rings (SSSR count). The smallest absolute Gasteiger partial charge is 0.0353 e. The molecule has 0 N–H and O–H groups in total. The van der Waals surface area contributed by atoms with Crippen molar-refractivity contribution in [1.82, 2.24) is 0 Å². The van der Waals surface area contributed by atoms with Crippen molar-refractivity contribution in [3.63, 3.8) is 0 Å². The molecule has 0 saturated heterocycles. The first-order chi connectivity index (χ1) is 5.16. The van der Waals surface area contributed by atoms with Gasteiger partial charge in [0.2, 0.25) is 0 Å². The van der Waals surface area contributed by atoms with Crippen LogP contribution in [0.3, 0.4) is 0 Å². The summed E-state index contributed by atoms with van der Waals surface area (Å²) >= 11 is 0. The molecule has 1 radical (unpaired) electrons. The Balaban J connectivity index is 3.40. The summed E-state index contributed by atoms with van der Waals surface area (Å²) in [5.41, 5.74) is 4.58. The fourth-order valence-electron chi connectivity index (χ4n) is 1.03. The fourth-order valence-corrected chi connectivity index (χ4v) is 1.03. The SMILES string of the molecule is C#Cc1[c]cc(C)c(C)c1C. The van der Waals surface area contributed by atoms with Crippen LogP contribution in [0, 0.1) is 39.2 Å². The molecule has 0 fully saturated rings. The zero-order valence-electron chi connectivity index (χ0n) is 7.15. The fraction of sp³-hybridized carbons (Fsp3) is 0.273. The van der Waals surface area contributed by atoms with E-state index in [0.717, 1.165) is 5.56 Å². The van der Waals surface area contributed by atoms with E-state index in [1.807, 2.05) is 13.0 Å². The lowest BCUT2D eigenvalue weighted by Gasteiger charge is -2.05. The van der Waals surface area contributed by atoms with Gasteiger partial charge in [0.1, 0.15) is 0 Å². The molecule has 0 aliphatic heterocycles. The van der Waals surface area contributed by atoms with E-state index >= 15 is 0 Å². The van der Waals surface area contributed by atoms with Gasteiger partial charge in [-0.2, -0.15) is 0 Å². The Bertz CT molecular complexity index is 314. The summed E-state index contributed by atoms with van der Waals surface area (Å²) in [5, 5.41) is 0. The van der Waals surface area contributed by atoms with Crippen molar-refractivity contribution in [2.45, 2.75) is 20.8 Å². The molecule has 1 aromatic rings. The monoisotopic (exact) mass is 143 g/mol. The molecule has 1 aromatic carbocycles. The van der Waals surface area contributed by atoms with E-state index in [4.69, 9.17) is 6.42 Å². The molecule has 0 bridgehead atoms. The zero-order valence-corrected chi connectivity index (χ0v) is 7.15. The first kappa shape index (κ1) is 7.88. The van der Waals surface area contributed by atoms with Crippen molar-refractivity contribution in [2.24, 2.45) is 0 Å². The van der Waals surface area contributed by atoms with Gasteiger partial charge in [0.15, 0.2) is 0 Å². The van der Waals surface area contributed by atoms with Crippen LogP contribution in [0.15, 0.2) is 6.07 Å². The average Bonchev–Trinajstić information content (AvgIpc) is 2.01. The Morgan fingerprint density at radius 1 is 1.27 bits per heavy atom. The molecular formula is C11H11. The molecule has 0 aliphatic rings. The van der Waals surface area contributed by atoms with Crippen molar-refractivity contribution in [2.75, 3.05) is 0 Å². The third-order valence-electron chi connectivity index (χ3n) is 2.11. The maximum Gasteiger partial charge on any atom is 0.0353 e. The molecule has 11 heavy (non-hydrogen) atoms. The second-order valence-corrected chi connectivity index (χ2v) is 2.74. The maximum absolute atomic E-state index is 5.29. The average molecular weight is 143 g/mol. The highest BCUT2D eigenvalue weighted by Gasteiger charge is 2.00. The van der Waals surface area contributed by atoms with Gasteiger partial charge in [-0.3, -0.25) is 0 Å². The molecule has 0 atom stereocenters. The van der Waals surface area contributed by atoms with Gasteiger partial charge >= 0.3 is 0 Å². The molecule has 0 aromatic heterocycles. The van der Waals surface area contributed by atoms with Gasteiger partial charge in [0, 0.05) is 5.56 Å². The van der Waals surface area contributed by atoms with Crippen molar-refractivity contribution in [3.05, 3.63) is 34.4 Å². The minimum Gasteiger partial charge on any atom is -0.115 e. The quantitative estimate of drug-likeness (QED) is 0.489. The maximum atomic E-state index is 5.29. The summed E-state index contributed by atoms with van der Waals surface area (Å²) in [6, 6.07) is 5.00. The van der Waals surface area contributed by atoms with Crippen LogP contribution in [0.5, 0.6) is 0 Å². The highest BCUT2D eigenvalue weighted by molar-refractivity contribution is 5.45. The van der Waals surface area contributed by atoms with Gasteiger partial charge in [-0.15, -0.1) is 6.42 Å². The number of rotatable bonds is 0. The Morgan fingerprint density at radius 2 is 1.91 bits per heavy atom. The third kappa shape index (κ3) is 1.28. The second-order valence-electron chi connectivity index (χ2n) is 2.74. The van der Waals surface area contributed by atoms with E-state index in [0.29, 0.717) is 0 Å². The minimum atomic E-state index is 0.883. The summed E-state index contributed by atoms with van der Waals surface area (Å²) in [4.78, 5) is 0. The predicted molar refractivity (Wildman–Crippen MR) is 47.4 cm³/mol. The number of aryl methyl sites for hydroxylation is 1. The van der Waals surface area contributed by atoms with Gasteiger partial charge < -0.3 is 0 Å². The van der Waals surface area contributed by atoms with Crippen LogP contribution in [0.2, 0.25) is 0 Å². The molecular weight excluding hydrogens is 132 g/mol. The normalized spacial score (nSPS) is 9.27. The molecule has 0 spiro atoms. The van der Waals surface area contributed by atoms with E-state index in [1.165, 1.54) is 16.7 Å².